The van der Waals surface area contributed by atoms with Gasteiger partial charge in [-0.2, -0.15) is 4.39 Å². The quantitative estimate of drug-likeness (QED) is 0.310. The molecule has 2 aromatic carbocycles. The van der Waals surface area contributed by atoms with Crippen LogP contribution in [0.5, 0.6) is 11.5 Å². The number of hydrogen-bond acceptors (Lipinski definition) is 8. The molecule has 216 valence electrons. The molecule has 5 rings (SSSR count). The molecule has 0 bridgehead atoms. The Labute approximate surface area is 236 Å². The van der Waals surface area contributed by atoms with Gasteiger partial charge in [-0.15, -0.1) is 5.53 Å². The summed E-state index contributed by atoms with van der Waals surface area (Å²) in [5, 5.41) is 2.66. The number of carbonyl (C=O) groups excluding carboxylic acids is 1. The molecule has 1 amide bonds. The van der Waals surface area contributed by atoms with Crippen LogP contribution in [0.4, 0.5) is 10.1 Å². The van der Waals surface area contributed by atoms with E-state index in [1.54, 1.807) is 16.2 Å². The van der Waals surface area contributed by atoms with E-state index in [4.69, 9.17) is 14.5 Å². The molecule has 11 nitrogen and oxygen atoms in total. The van der Waals surface area contributed by atoms with Crippen LogP contribution in [0.1, 0.15) is 29.2 Å². The summed E-state index contributed by atoms with van der Waals surface area (Å²) in [6, 6.07) is 9.88. The van der Waals surface area contributed by atoms with Crippen LogP contribution < -0.4 is 42.4 Å². The minimum Gasteiger partial charge on any atom is -0.493 e. The van der Waals surface area contributed by atoms with Crippen LogP contribution >= 0.6 is 0 Å². The van der Waals surface area contributed by atoms with E-state index in [1.807, 2.05) is 45.9 Å². The van der Waals surface area contributed by atoms with E-state index >= 15 is 0 Å². The van der Waals surface area contributed by atoms with Gasteiger partial charge < -0.3 is 14.8 Å². The lowest BCUT2D eigenvalue weighted by molar-refractivity contribution is -0.118. The van der Waals surface area contributed by atoms with Crippen molar-refractivity contribution in [3.05, 3.63) is 80.2 Å². The fourth-order valence-electron chi connectivity index (χ4n) is 5.33. The molecular weight excluding hydrogens is 529 g/mol. The fraction of sp³-hybridized carbons (Fsp3) is 0.345. The summed E-state index contributed by atoms with van der Waals surface area (Å²) in [4.78, 5) is 31.4. The van der Waals surface area contributed by atoms with Gasteiger partial charge >= 0.3 is 5.69 Å². The molecule has 2 aliphatic rings. The second kappa shape index (κ2) is 11.5. The van der Waals surface area contributed by atoms with Gasteiger partial charge in [-0.1, -0.05) is 17.7 Å². The molecular formula is C29H34FN7O4. The predicted molar refractivity (Wildman–Crippen MR) is 152 cm³/mol. The van der Waals surface area contributed by atoms with Gasteiger partial charge in [0.25, 0.3) is 5.91 Å². The Morgan fingerprint density at radius 3 is 2.51 bits per heavy atom. The van der Waals surface area contributed by atoms with Gasteiger partial charge in [-0.3, -0.25) is 24.8 Å². The van der Waals surface area contributed by atoms with E-state index in [9.17, 15) is 14.0 Å². The lowest BCUT2D eigenvalue weighted by Crippen LogP contribution is -2.44. The summed E-state index contributed by atoms with van der Waals surface area (Å²) in [6.45, 7) is 9.10. The van der Waals surface area contributed by atoms with Crippen molar-refractivity contribution in [3.63, 3.8) is 0 Å². The molecule has 0 radical (unpaired) electrons. The highest BCUT2D eigenvalue weighted by Gasteiger charge is 2.23. The fourth-order valence-corrected chi connectivity index (χ4v) is 5.33. The van der Waals surface area contributed by atoms with Crippen molar-refractivity contribution in [3.8, 4) is 22.8 Å². The van der Waals surface area contributed by atoms with Crippen molar-refractivity contribution in [1.82, 2.24) is 30.8 Å². The van der Waals surface area contributed by atoms with Crippen LogP contribution in [-0.4, -0.2) is 35.3 Å². The Balaban J connectivity index is 1.62. The predicted octanol–water partition coefficient (Wildman–Crippen LogP) is 2.31. The van der Waals surface area contributed by atoms with E-state index in [1.165, 1.54) is 0 Å². The van der Waals surface area contributed by atoms with Crippen LogP contribution in [0.15, 0.2) is 51.8 Å². The maximum absolute atomic E-state index is 14.0. The number of methoxy groups -OCH3 is 1. The monoisotopic (exact) mass is 563 g/mol. The highest BCUT2D eigenvalue weighted by Crippen LogP contribution is 2.37. The topological polar surface area (TPSA) is 123 Å². The number of benzene rings is 2. The Morgan fingerprint density at radius 1 is 1.10 bits per heavy atom. The molecule has 0 spiro atoms. The molecule has 41 heavy (non-hydrogen) atoms. The zero-order valence-corrected chi connectivity index (χ0v) is 23.8. The maximum Gasteiger partial charge on any atom is 0.330 e. The van der Waals surface area contributed by atoms with Crippen LogP contribution in [0, 0.1) is 20.8 Å². The standard InChI is InChI=1S/C29H34FN7O4/c1-6-41-23-13-19-7-9-36-21(20(19)14-22(23)40-5)15-24(32-25-17(3)11-16(2)12-18(25)4)37(29(36)39)10-8-31-28(38)26-27(30)34-35-33-26/h11-15,33-35H,6-10H2,1-5H3,(H,31,38). The number of carbonyl (C=O) groups is 1. The molecule has 3 heterocycles. The third kappa shape index (κ3) is 5.42. The van der Waals surface area contributed by atoms with Crippen molar-refractivity contribution in [2.75, 3.05) is 20.3 Å². The van der Waals surface area contributed by atoms with Gasteiger partial charge in [0.05, 0.1) is 25.1 Å². The molecule has 1 aromatic heterocycles. The summed E-state index contributed by atoms with van der Waals surface area (Å²) < 4.78 is 28.4. The highest BCUT2D eigenvalue weighted by molar-refractivity contribution is 5.93. The van der Waals surface area contributed by atoms with Gasteiger partial charge in [-0.25, -0.2) is 9.79 Å². The van der Waals surface area contributed by atoms with E-state index in [2.05, 4.69) is 33.8 Å². The first kappa shape index (κ1) is 28.0. The first-order chi connectivity index (χ1) is 19.7. The van der Waals surface area contributed by atoms with Crippen LogP contribution in [0.3, 0.4) is 0 Å². The number of hydrazine groups is 2. The van der Waals surface area contributed by atoms with Gasteiger partial charge in [0.2, 0.25) is 5.95 Å². The largest absolute Gasteiger partial charge is 0.493 e. The lowest BCUT2D eigenvalue weighted by atomic mass is 9.97. The number of fused-ring (bicyclic) bond motifs is 3. The molecule has 4 N–H and O–H groups in total. The number of aromatic nitrogens is 2. The third-order valence-corrected chi connectivity index (χ3v) is 7.15. The van der Waals surface area contributed by atoms with Crippen LogP contribution in [-0.2, 0) is 24.3 Å². The summed E-state index contributed by atoms with van der Waals surface area (Å²) in [6.07, 6.45) is 0.634. The Bertz CT molecular complexity index is 1670. The Kier molecular flexibility index (Phi) is 7.84. The van der Waals surface area contributed by atoms with Crippen molar-refractivity contribution in [1.29, 1.82) is 0 Å². The summed E-state index contributed by atoms with van der Waals surface area (Å²) in [5.41, 5.74) is 13.4. The molecule has 0 atom stereocenters. The number of ether oxygens (including phenoxy) is 2. The molecule has 3 aromatic rings. The first-order valence-corrected chi connectivity index (χ1v) is 13.5. The zero-order valence-electron chi connectivity index (χ0n) is 23.8. The number of nitrogens with one attached hydrogen (secondary N) is 4. The van der Waals surface area contributed by atoms with Crippen molar-refractivity contribution in [2.24, 2.45) is 4.99 Å². The minimum atomic E-state index is -0.813. The SMILES string of the molecule is CCOc1cc2c(cc1OC)-c1cc(=Nc3c(C)cc(C)cc3C)n(CCNC(=O)C3=C(F)NNN3)c(=O)n1CC2. The second-order valence-corrected chi connectivity index (χ2v) is 10.00. The number of rotatable bonds is 8. The molecule has 0 saturated heterocycles. The van der Waals surface area contributed by atoms with Gasteiger partial charge in [-0.05, 0) is 62.9 Å². The summed E-state index contributed by atoms with van der Waals surface area (Å²) in [7, 11) is 1.59. The average Bonchev–Trinajstić information content (AvgIpc) is 3.37. The maximum atomic E-state index is 14.0. The zero-order chi connectivity index (χ0) is 29.3. The number of hydrogen-bond donors (Lipinski definition) is 4. The molecule has 0 unspecified atom stereocenters. The van der Waals surface area contributed by atoms with Crippen molar-refractivity contribution < 1.29 is 18.7 Å². The molecule has 2 aliphatic heterocycles. The Morgan fingerprint density at radius 2 is 1.85 bits per heavy atom. The second-order valence-electron chi connectivity index (χ2n) is 10.00. The van der Waals surface area contributed by atoms with E-state index in [0.717, 1.165) is 39.2 Å². The molecule has 0 aliphatic carbocycles. The summed E-state index contributed by atoms with van der Waals surface area (Å²) >= 11 is 0. The van der Waals surface area contributed by atoms with E-state index < -0.39 is 11.9 Å². The number of halogens is 1. The van der Waals surface area contributed by atoms with Crippen molar-refractivity contribution in [2.45, 2.75) is 47.2 Å². The van der Waals surface area contributed by atoms with Crippen LogP contribution in [0.25, 0.3) is 11.3 Å². The number of nitrogens with zero attached hydrogens (tertiary/aromatic N) is 3. The summed E-state index contributed by atoms with van der Waals surface area (Å²) in [5.74, 6) is -0.211. The van der Waals surface area contributed by atoms with E-state index in [0.29, 0.717) is 36.6 Å². The number of amides is 1. The first-order valence-electron chi connectivity index (χ1n) is 13.5. The van der Waals surface area contributed by atoms with Gasteiger partial charge in [0.15, 0.2) is 17.2 Å². The van der Waals surface area contributed by atoms with Crippen molar-refractivity contribution >= 4 is 11.6 Å². The van der Waals surface area contributed by atoms with Crippen LogP contribution in [0.2, 0.25) is 0 Å². The lowest BCUT2D eigenvalue weighted by Gasteiger charge is -2.25. The molecule has 0 fully saturated rings. The average molecular weight is 564 g/mol. The number of aryl methyl sites for hydroxylation is 4. The highest BCUT2D eigenvalue weighted by atomic mass is 19.1. The molecule has 0 saturated carbocycles. The normalized spacial score (nSPS) is 14.2. The van der Waals surface area contributed by atoms with Gasteiger partial charge in [0, 0.05) is 31.3 Å². The Hall–Kier alpha value is -4.58. The third-order valence-electron chi connectivity index (χ3n) is 7.15. The minimum absolute atomic E-state index is 0.0764. The van der Waals surface area contributed by atoms with E-state index in [-0.39, 0.29) is 24.5 Å². The smallest absolute Gasteiger partial charge is 0.330 e. The van der Waals surface area contributed by atoms with Gasteiger partial charge in [0.1, 0.15) is 5.49 Å². The molecule has 12 heteroatoms.